The Labute approximate surface area is 120 Å². The van der Waals surface area contributed by atoms with E-state index in [0.717, 1.165) is 24.5 Å². The molecule has 1 heterocycles. The first-order valence-electron chi connectivity index (χ1n) is 6.94. The average Bonchev–Trinajstić information content (AvgIpc) is 2.34. The molecule has 0 amide bonds. The van der Waals surface area contributed by atoms with Crippen LogP contribution in [0.3, 0.4) is 0 Å². The van der Waals surface area contributed by atoms with Crippen molar-refractivity contribution in [2.24, 2.45) is 5.92 Å². The largest absolute Gasteiger partial charge is 0.363 e. The van der Waals surface area contributed by atoms with Crippen molar-refractivity contribution < 1.29 is 0 Å². The Balaban J connectivity index is 2.65. The molecule has 1 aromatic rings. The van der Waals surface area contributed by atoms with E-state index in [4.69, 9.17) is 0 Å². The molecule has 0 aliphatic carbocycles. The van der Waals surface area contributed by atoms with Gasteiger partial charge in [0.2, 0.25) is 0 Å². The van der Waals surface area contributed by atoms with Gasteiger partial charge in [0.1, 0.15) is 0 Å². The van der Waals surface area contributed by atoms with Gasteiger partial charge in [0.05, 0.1) is 0 Å². The first-order chi connectivity index (χ1) is 9.04. The molecular formula is C14H25N3OS. The maximum absolute atomic E-state index is 12.2. The normalized spacial score (nSPS) is 12.7. The fraction of sp³-hybridized carbons (Fsp3) is 0.714. The minimum atomic E-state index is -0.0220. The molecule has 108 valence electrons. The van der Waals surface area contributed by atoms with Crippen molar-refractivity contribution in [3.8, 4) is 0 Å². The van der Waals surface area contributed by atoms with E-state index >= 15 is 0 Å². The molecule has 0 aromatic carbocycles. The zero-order valence-electron chi connectivity index (χ0n) is 12.3. The van der Waals surface area contributed by atoms with Crippen LogP contribution in [-0.2, 0) is 6.54 Å². The summed E-state index contributed by atoms with van der Waals surface area (Å²) in [7, 11) is 0. The Bertz CT molecular complexity index is 431. The van der Waals surface area contributed by atoms with E-state index < -0.39 is 0 Å². The van der Waals surface area contributed by atoms with Crippen LogP contribution in [-0.4, -0.2) is 27.1 Å². The third-order valence-corrected chi connectivity index (χ3v) is 3.69. The Hall–Kier alpha value is -0.970. The molecular weight excluding hydrogens is 258 g/mol. The monoisotopic (exact) mass is 283 g/mol. The van der Waals surface area contributed by atoms with Crippen molar-refractivity contribution in [2.45, 2.75) is 46.7 Å². The van der Waals surface area contributed by atoms with Crippen LogP contribution in [0.5, 0.6) is 0 Å². The predicted octanol–water partition coefficient (Wildman–Crippen LogP) is 2.84. The van der Waals surface area contributed by atoms with Gasteiger partial charge in [-0.25, -0.2) is 4.98 Å². The molecule has 0 aliphatic heterocycles. The number of hydrogen-bond acceptors (Lipinski definition) is 4. The van der Waals surface area contributed by atoms with Crippen LogP contribution in [0.4, 0.5) is 5.82 Å². The minimum Gasteiger partial charge on any atom is -0.363 e. The Morgan fingerprint density at radius 2 is 2.16 bits per heavy atom. The molecule has 1 N–H and O–H groups in total. The molecule has 0 bridgehead atoms. The molecule has 0 aliphatic rings. The predicted molar refractivity (Wildman–Crippen MR) is 84.0 cm³/mol. The fourth-order valence-corrected chi connectivity index (χ4v) is 2.60. The molecule has 0 radical (unpaired) electrons. The number of nitrogens with zero attached hydrogens (tertiary/aromatic N) is 2. The Morgan fingerprint density at radius 3 is 2.79 bits per heavy atom. The highest BCUT2D eigenvalue weighted by molar-refractivity contribution is 7.99. The Kier molecular flexibility index (Phi) is 6.99. The molecule has 4 nitrogen and oxygen atoms in total. The van der Waals surface area contributed by atoms with Gasteiger partial charge in [0.25, 0.3) is 5.56 Å². The zero-order chi connectivity index (χ0) is 14.3. The van der Waals surface area contributed by atoms with Gasteiger partial charge >= 0.3 is 0 Å². The van der Waals surface area contributed by atoms with Gasteiger partial charge in [0, 0.05) is 25.0 Å². The SMILES string of the molecule is CCSCCC(C)Nc1nccn(CC(C)C)c1=O. The van der Waals surface area contributed by atoms with E-state index in [9.17, 15) is 4.79 Å². The van der Waals surface area contributed by atoms with Crippen LogP contribution in [0.2, 0.25) is 0 Å². The van der Waals surface area contributed by atoms with E-state index in [-0.39, 0.29) is 11.6 Å². The number of aromatic nitrogens is 2. The lowest BCUT2D eigenvalue weighted by Crippen LogP contribution is -2.29. The van der Waals surface area contributed by atoms with Crippen molar-refractivity contribution >= 4 is 17.6 Å². The maximum Gasteiger partial charge on any atom is 0.293 e. The molecule has 0 fully saturated rings. The summed E-state index contributed by atoms with van der Waals surface area (Å²) in [5, 5.41) is 3.22. The smallest absolute Gasteiger partial charge is 0.293 e. The Morgan fingerprint density at radius 1 is 1.42 bits per heavy atom. The second-order valence-electron chi connectivity index (χ2n) is 5.16. The second kappa shape index (κ2) is 8.25. The molecule has 0 saturated heterocycles. The lowest BCUT2D eigenvalue weighted by atomic mass is 10.2. The van der Waals surface area contributed by atoms with Crippen LogP contribution in [0.1, 0.15) is 34.1 Å². The number of hydrogen-bond donors (Lipinski definition) is 1. The topological polar surface area (TPSA) is 46.9 Å². The van der Waals surface area contributed by atoms with E-state index in [2.05, 4.69) is 38.0 Å². The maximum atomic E-state index is 12.2. The summed E-state index contributed by atoms with van der Waals surface area (Å²) in [6.45, 7) is 9.19. The third-order valence-electron chi connectivity index (χ3n) is 2.76. The fourth-order valence-electron chi connectivity index (χ4n) is 1.79. The van der Waals surface area contributed by atoms with Crippen LogP contribution >= 0.6 is 11.8 Å². The lowest BCUT2D eigenvalue weighted by Gasteiger charge is -2.15. The first kappa shape index (κ1) is 16.1. The molecule has 5 heteroatoms. The van der Waals surface area contributed by atoms with Crippen LogP contribution < -0.4 is 10.9 Å². The molecule has 1 unspecified atom stereocenters. The van der Waals surface area contributed by atoms with E-state index in [0.29, 0.717) is 11.7 Å². The van der Waals surface area contributed by atoms with Gasteiger partial charge in [-0.3, -0.25) is 4.79 Å². The van der Waals surface area contributed by atoms with Gasteiger partial charge in [-0.05, 0) is 30.8 Å². The number of rotatable bonds is 8. The summed E-state index contributed by atoms with van der Waals surface area (Å²) >= 11 is 1.92. The number of anilines is 1. The lowest BCUT2D eigenvalue weighted by molar-refractivity contribution is 0.509. The summed E-state index contributed by atoms with van der Waals surface area (Å²) in [6, 6.07) is 0.272. The van der Waals surface area contributed by atoms with Crippen molar-refractivity contribution in [3.63, 3.8) is 0 Å². The number of nitrogens with one attached hydrogen (secondary N) is 1. The van der Waals surface area contributed by atoms with Gasteiger partial charge in [0.15, 0.2) is 5.82 Å². The highest BCUT2D eigenvalue weighted by atomic mass is 32.2. The van der Waals surface area contributed by atoms with Crippen LogP contribution in [0.15, 0.2) is 17.2 Å². The summed E-state index contributed by atoms with van der Waals surface area (Å²) in [6.07, 6.45) is 4.49. The van der Waals surface area contributed by atoms with Crippen molar-refractivity contribution in [1.82, 2.24) is 9.55 Å². The van der Waals surface area contributed by atoms with Crippen LogP contribution in [0, 0.1) is 5.92 Å². The van der Waals surface area contributed by atoms with E-state index in [1.807, 2.05) is 11.8 Å². The molecule has 19 heavy (non-hydrogen) atoms. The highest BCUT2D eigenvalue weighted by Gasteiger charge is 2.09. The molecule has 1 aromatic heterocycles. The summed E-state index contributed by atoms with van der Waals surface area (Å²) in [5.74, 6) is 3.17. The van der Waals surface area contributed by atoms with Gasteiger partial charge in [-0.1, -0.05) is 20.8 Å². The zero-order valence-corrected chi connectivity index (χ0v) is 13.2. The molecule has 0 saturated carbocycles. The average molecular weight is 283 g/mol. The third kappa shape index (κ3) is 5.68. The highest BCUT2D eigenvalue weighted by Crippen LogP contribution is 2.07. The van der Waals surface area contributed by atoms with Crippen molar-refractivity contribution in [2.75, 3.05) is 16.8 Å². The quantitative estimate of drug-likeness (QED) is 0.745. The number of thioether (sulfide) groups is 1. The second-order valence-corrected chi connectivity index (χ2v) is 6.55. The van der Waals surface area contributed by atoms with Crippen molar-refractivity contribution in [1.29, 1.82) is 0 Å². The van der Waals surface area contributed by atoms with Gasteiger partial charge in [-0.15, -0.1) is 0 Å². The molecule has 1 rings (SSSR count). The summed E-state index contributed by atoms with van der Waals surface area (Å²) in [4.78, 5) is 16.4. The molecule has 1 atom stereocenters. The van der Waals surface area contributed by atoms with Crippen molar-refractivity contribution in [3.05, 3.63) is 22.7 Å². The van der Waals surface area contributed by atoms with Gasteiger partial charge < -0.3 is 9.88 Å². The standard InChI is InChI=1S/C14H25N3OS/c1-5-19-9-6-12(4)16-13-14(18)17(8-7-15-13)10-11(2)3/h7-8,11-12H,5-6,9-10H2,1-4H3,(H,15,16). The first-order valence-corrected chi connectivity index (χ1v) is 8.09. The van der Waals surface area contributed by atoms with E-state index in [1.54, 1.807) is 17.0 Å². The summed E-state index contributed by atoms with van der Waals surface area (Å²) < 4.78 is 1.73. The minimum absolute atomic E-state index is 0.0220. The van der Waals surface area contributed by atoms with Gasteiger partial charge in [-0.2, -0.15) is 11.8 Å². The van der Waals surface area contributed by atoms with Crippen LogP contribution in [0.25, 0.3) is 0 Å². The summed E-state index contributed by atoms with van der Waals surface area (Å²) in [5.41, 5.74) is -0.0220. The molecule has 0 spiro atoms. The van der Waals surface area contributed by atoms with E-state index in [1.165, 1.54) is 0 Å².